The molecule has 10 heteroatoms. The number of carbonyl (C=O) groups is 2. The Bertz CT molecular complexity index is 1030. The quantitative estimate of drug-likeness (QED) is 0.656. The van der Waals surface area contributed by atoms with Crippen LogP contribution < -0.4 is 5.32 Å². The maximum Gasteiger partial charge on any atom is 0.315 e. The van der Waals surface area contributed by atoms with E-state index in [-0.39, 0.29) is 17.7 Å². The standard InChI is InChI=1S/C18H18N6O3S/c1-3-27-17(26)12-8-9-13-14(12)19-18(28-13)20-16(25)15-21-23-24(22-15)11-6-4-10(2)5-7-11/h4-7,12H,3,8-9H2,1-2H3,(H,19,20,25). The Balaban J connectivity index is 1.47. The van der Waals surface area contributed by atoms with Crippen molar-refractivity contribution in [1.29, 1.82) is 0 Å². The normalized spacial score (nSPS) is 15.3. The van der Waals surface area contributed by atoms with E-state index >= 15 is 0 Å². The molecule has 1 aliphatic rings. The zero-order valence-corrected chi connectivity index (χ0v) is 16.2. The van der Waals surface area contributed by atoms with E-state index in [9.17, 15) is 9.59 Å². The molecule has 28 heavy (non-hydrogen) atoms. The molecule has 3 aromatic rings. The molecule has 144 valence electrons. The molecule has 1 atom stereocenters. The van der Waals surface area contributed by atoms with Crippen LogP contribution in [0.15, 0.2) is 24.3 Å². The largest absolute Gasteiger partial charge is 0.465 e. The molecule has 1 unspecified atom stereocenters. The van der Waals surface area contributed by atoms with Gasteiger partial charge in [-0.05, 0) is 44.0 Å². The van der Waals surface area contributed by atoms with E-state index in [0.29, 0.717) is 29.5 Å². The Labute approximate surface area is 164 Å². The Kier molecular flexibility index (Phi) is 4.86. The fraction of sp³-hybridized carbons (Fsp3) is 0.333. The lowest BCUT2D eigenvalue weighted by molar-refractivity contribution is -0.145. The zero-order valence-electron chi connectivity index (χ0n) is 15.4. The van der Waals surface area contributed by atoms with Gasteiger partial charge in [-0.15, -0.1) is 26.3 Å². The summed E-state index contributed by atoms with van der Waals surface area (Å²) in [6.07, 6.45) is 1.43. The minimum atomic E-state index is -0.501. The van der Waals surface area contributed by atoms with Crippen LogP contribution in [0.3, 0.4) is 0 Å². The maximum atomic E-state index is 12.4. The molecule has 0 saturated carbocycles. The van der Waals surface area contributed by atoms with Gasteiger partial charge in [0.15, 0.2) is 5.13 Å². The molecule has 1 amide bonds. The number of hydrogen-bond acceptors (Lipinski definition) is 8. The average Bonchev–Trinajstić information content (AvgIpc) is 3.37. The first-order valence-electron chi connectivity index (χ1n) is 8.89. The number of aromatic nitrogens is 5. The summed E-state index contributed by atoms with van der Waals surface area (Å²) in [6.45, 7) is 4.09. The van der Waals surface area contributed by atoms with Crippen molar-refractivity contribution in [3.63, 3.8) is 0 Å². The van der Waals surface area contributed by atoms with Crippen LogP contribution in [-0.4, -0.2) is 43.7 Å². The van der Waals surface area contributed by atoms with Crippen molar-refractivity contribution >= 4 is 28.3 Å². The monoisotopic (exact) mass is 398 g/mol. The van der Waals surface area contributed by atoms with Crippen LogP contribution in [0.25, 0.3) is 5.69 Å². The summed E-state index contributed by atoms with van der Waals surface area (Å²) in [4.78, 5) is 31.2. The number of nitrogens with one attached hydrogen (secondary N) is 1. The molecule has 9 nitrogen and oxygen atoms in total. The SMILES string of the molecule is CCOC(=O)C1CCc2sc(NC(=O)c3nnn(-c4ccc(C)cc4)n3)nc21. The van der Waals surface area contributed by atoms with Crippen LogP contribution >= 0.6 is 11.3 Å². The minimum absolute atomic E-state index is 0.0575. The topological polar surface area (TPSA) is 112 Å². The van der Waals surface area contributed by atoms with E-state index < -0.39 is 5.91 Å². The van der Waals surface area contributed by atoms with Crippen LogP contribution in [-0.2, 0) is 16.0 Å². The van der Waals surface area contributed by atoms with Crippen LogP contribution in [0.1, 0.15) is 46.0 Å². The maximum absolute atomic E-state index is 12.4. The Hall–Kier alpha value is -3.14. The average molecular weight is 398 g/mol. The van der Waals surface area contributed by atoms with Crippen molar-refractivity contribution < 1.29 is 14.3 Å². The molecule has 0 fully saturated rings. The fourth-order valence-electron chi connectivity index (χ4n) is 3.00. The van der Waals surface area contributed by atoms with Gasteiger partial charge < -0.3 is 4.74 Å². The number of nitrogens with zero attached hydrogens (tertiary/aromatic N) is 5. The number of carbonyl (C=O) groups excluding carboxylic acids is 2. The van der Waals surface area contributed by atoms with Crippen LogP contribution in [0.2, 0.25) is 0 Å². The Morgan fingerprint density at radius 1 is 1.32 bits per heavy atom. The number of rotatable bonds is 5. The molecule has 0 aliphatic heterocycles. The van der Waals surface area contributed by atoms with Gasteiger partial charge in [-0.3, -0.25) is 14.9 Å². The zero-order chi connectivity index (χ0) is 19.7. The van der Waals surface area contributed by atoms with Crippen molar-refractivity contribution in [3.05, 3.63) is 46.2 Å². The fourth-order valence-corrected chi connectivity index (χ4v) is 4.03. The third-order valence-corrected chi connectivity index (χ3v) is 5.44. The van der Waals surface area contributed by atoms with Crippen molar-refractivity contribution in [2.45, 2.75) is 32.6 Å². The van der Waals surface area contributed by atoms with Crippen molar-refractivity contribution in [1.82, 2.24) is 25.2 Å². The number of anilines is 1. The summed E-state index contributed by atoms with van der Waals surface area (Å²) in [6, 6.07) is 7.55. The number of thiazole rings is 1. The molecule has 4 rings (SSSR count). The first kappa shape index (κ1) is 18.2. The summed E-state index contributed by atoms with van der Waals surface area (Å²) in [5.74, 6) is -1.19. The van der Waals surface area contributed by atoms with E-state index in [1.807, 2.05) is 31.2 Å². The molecule has 0 spiro atoms. The first-order valence-corrected chi connectivity index (χ1v) is 9.71. The number of tetrazole rings is 1. The Morgan fingerprint density at radius 2 is 2.11 bits per heavy atom. The lowest BCUT2D eigenvalue weighted by atomic mass is 10.1. The smallest absolute Gasteiger partial charge is 0.315 e. The molecule has 1 aromatic carbocycles. The van der Waals surface area contributed by atoms with Crippen LogP contribution in [0.4, 0.5) is 5.13 Å². The molecule has 0 saturated heterocycles. The van der Waals surface area contributed by atoms with Gasteiger partial charge in [-0.25, -0.2) is 4.98 Å². The van der Waals surface area contributed by atoms with E-state index in [1.54, 1.807) is 6.92 Å². The molecule has 1 aliphatic carbocycles. The van der Waals surface area contributed by atoms with Crippen molar-refractivity contribution in [2.24, 2.45) is 0 Å². The number of hydrogen-bond donors (Lipinski definition) is 1. The number of esters is 1. The van der Waals surface area contributed by atoms with Crippen molar-refractivity contribution in [2.75, 3.05) is 11.9 Å². The van der Waals surface area contributed by atoms with E-state index in [2.05, 4.69) is 25.7 Å². The Morgan fingerprint density at radius 3 is 2.86 bits per heavy atom. The van der Waals surface area contributed by atoms with Gasteiger partial charge in [0.25, 0.3) is 11.7 Å². The molecular weight excluding hydrogens is 380 g/mol. The predicted octanol–water partition coefficient (Wildman–Crippen LogP) is 2.27. The van der Waals surface area contributed by atoms with Crippen molar-refractivity contribution in [3.8, 4) is 5.69 Å². The lowest BCUT2D eigenvalue weighted by Crippen LogP contribution is -2.16. The van der Waals surface area contributed by atoms with Gasteiger partial charge in [-0.2, -0.15) is 0 Å². The molecule has 1 N–H and O–H groups in total. The summed E-state index contributed by atoms with van der Waals surface area (Å²) >= 11 is 1.36. The first-order chi connectivity index (χ1) is 13.5. The number of fused-ring (bicyclic) bond motifs is 1. The van der Waals surface area contributed by atoms with E-state index in [0.717, 1.165) is 16.9 Å². The third kappa shape index (κ3) is 3.50. The molecule has 2 aromatic heterocycles. The minimum Gasteiger partial charge on any atom is -0.465 e. The van der Waals surface area contributed by atoms with Gasteiger partial charge in [0.05, 0.1) is 18.0 Å². The van der Waals surface area contributed by atoms with Gasteiger partial charge in [0.1, 0.15) is 5.92 Å². The van der Waals surface area contributed by atoms with Gasteiger partial charge in [-0.1, -0.05) is 17.7 Å². The van der Waals surface area contributed by atoms with E-state index in [1.165, 1.54) is 16.1 Å². The molecule has 0 bridgehead atoms. The van der Waals surface area contributed by atoms with Gasteiger partial charge >= 0.3 is 5.97 Å². The lowest BCUT2D eigenvalue weighted by Gasteiger charge is -2.07. The second kappa shape index (κ2) is 7.47. The highest BCUT2D eigenvalue weighted by Crippen LogP contribution is 2.39. The summed E-state index contributed by atoms with van der Waals surface area (Å²) in [5, 5.41) is 15.0. The molecular formula is C18H18N6O3S. The van der Waals surface area contributed by atoms with Crippen LogP contribution in [0, 0.1) is 6.92 Å². The number of amides is 1. The molecule has 0 radical (unpaired) electrons. The number of benzene rings is 1. The highest BCUT2D eigenvalue weighted by Gasteiger charge is 2.34. The number of ether oxygens (including phenoxy) is 1. The summed E-state index contributed by atoms with van der Waals surface area (Å²) in [7, 11) is 0. The second-order valence-corrected chi connectivity index (χ2v) is 7.45. The third-order valence-electron chi connectivity index (χ3n) is 4.39. The summed E-state index contributed by atoms with van der Waals surface area (Å²) in [5.41, 5.74) is 2.51. The highest BCUT2D eigenvalue weighted by atomic mass is 32.1. The van der Waals surface area contributed by atoms with E-state index in [4.69, 9.17) is 4.74 Å². The van der Waals surface area contributed by atoms with Crippen LogP contribution in [0.5, 0.6) is 0 Å². The van der Waals surface area contributed by atoms with Gasteiger partial charge in [0, 0.05) is 4.88 Å². The second-order valence-electron chi connectivity index (χ2n) is 6.36. The highest BCUT2D eigenvalue weighted by molar-refractivity contribution is 7.16. The predicted molar refractivity (Wildman–Crippen MR) is 102 cm³/mol. The number of aryl methyl sites for hydroxylation is 2. The summed E-state index contributed by atoms with van der Waals surface area (Å²) < 4.78 is 5.10. The molecule has 2 heterocycles. The van der Waals surface area contributed by atoms with Gasteiger partial charge in [0.2, 0.25) is 0 Å².